The second kappa shape index (κ2) is 3.15. The molecule has 68 valence electrons. The summed E-state index contributed by atoms with van der Waals surface area (Å²) in [5.74, 6) is 0. The van der Waals surface area contributed by atoms with Crippen LogP contribution in [0.3, 0.4) is 0 Å². The van der Waals surface area contributed by atoms with Gasteiger partial charge in [0, 0.05) is 17.6 Å². The topological polar surface area (TPSA) is 3.24 Å². The van der Waals surface area contributed by atoms with Crippen molar-refractivity contribution in [1.29, 1.82) is 0 Å². The number of nitrogens with zero attached hydrogens (tertiary/aromatic N) is 1. The van der Waals surface area contributed by atoms with Crippen LogP contribution in [-0.2, 0) is 0 Å². The zero-order chi connectivity index (χ0) is 8.60. The van der Waals surface area contributed by atoms with Gasteiger partial charge in [0.15, 0.2) is 0 Å². The first kappa shape index (κ1) is 8.76. The summed E-state index contributed by atoms with van der Waals surface area (Å²) in [5.41, 5.74) is 0.739. The van der Waals surface area contributed by atoms with Crippen LogP contribution in [0.25, 0.3) is 0 Å². The standard InChI is InChI=1S/C10H16BrN/c1-9(11)7-12-6-5-10(8-12)3-2-4-10/h1-8H2. The lowest BCUT2D eigenvalue weighted by Crippen LogP contribution is -2.33. The van der Waals surface area contributed by atoms with Gasteiger partial charge in [0.25, 0.3) is 0 Å². The minimum Gasteiger partial charge on any atom is -0.298 e. The lowest BCUT2D eigenvalue weighted by Gasteiger charge is -2.38. The van der Waals surface area contributed by atoms with Crippen LogP contribution >= 0.6 is 15.9 Å². The highest BCUT2D eigenvalue weighted by Gasteiger charge is 2.42. The summed E-state index contributed by atoms with van der Waals surface area (Å²) in [6.45, 7) is 7.53. The van der Waals surface area contributed by atoms with E-state index in [-0.39, 0.29) is 0 Å². The van der Waals surface area contributed by atoms with Gasteiger partial charge in [-0.15, -0.1) is 0 Å². The highest BCUT2D eigenvalue weighted by atomic mass is 79.9. The molecule has 0 N–H and O–H groups in total. The summed E-state index contributed by atoms with van der Waals surface area (Å²) in [5, 5.41) is 0. The maximum absolute atomic E-state index is 3.89. The maximum atomic E-state index is 3.89. The van der Waals surface area contributed by atoms with E-state index < -0.39 is 0 Å². The predicted octanol–water partition coefficient (Wildman–Crippen LogP) is 2.77. The fraction of sp³-hybridized carbons (Fsp3) is 0.800. The second-order valence-corrected chi connectivity index (χ2v) is 5.45. The first-order valence-electron chi connectivity index (χ1n) is 4.76. The number of hydrogen-bond donors (Lipinski definition) is 0. The Bertz CT molecular complexity index is 196. The third-order valence-corrected chi connectivity index (χ3v) is 3.58. The van der Waals surface area contributed by atoms with E-state index in [0.29, 0.717) is 0 Å². The molecule has 2 aliphatic rings. The van der Waals surface area contributed by atoms with E-state index in [1.54, 1.807) is 0 Å². The number of halogens is 1. The molecule has 0 amide bonds. The molecular weight excluding hydrogens is 214 g/mol. The lowest BCUT2D eigenvalue weighted by molar-refractivity contribution is 0.142. The highest BCUT2D eigenvalue weighted by Crippen LogP contribution is 2.47. The third kappa shape index (κ3) is 1.60. The maximum Gasteiger partial charge on any atom is 0.0294 e. The summed E-state index contributed by atoms with van der Waals surface area (Å²) in [7, 11) is 0. The van der Waals surface area contributed by atoms with E-state index in [1.807, 2.05) is 0 Å². The van der Waals surface area contributed by atoms with Gasteiger partial charge in [0.2, 0.25) is 0 Å². The van der Waals surface area contributed by atoms with Crippen LogP contribution in [0.15, 0.2) is 11.1 Å². The third-order valence-electron chi connectivity index (χ3n) is 3.33. The number of likely N-dealkylation sites (tertiary alicyclic amines) is 1. The first-order chi connectivity index (χ1) is 5.70. The molecule has 0 bridgehead atoms. The summed E-state index contributed by atoms with van der Waals surface area (Å²) in [4.78, 5) is 2.52. The molecule has 1 spiro atoms. The average Bonchev–Trinajstić information content (AvgIpc) is 2.29. The van der Waals surface area contributed by atoms with E-state index >= 15 is 0 Å². The monoisotopic (exact) mass is 229 g/mol. The Morgan fingerprint density at radius 2 is 2.17 bits per heavy atom. The molecule has 0 aromatic carbocycles. The number of hydrogen-bond acceptors (Lipinski definition) is 1. The van der Waals surface area contributed by atoms with Crippen LogP contribution in [-0.4, -0.2) is 24.5 Å². The van der Waals surface area contributed by atoms with Gasteiger partial charge >= 0.3 is 0 Å². The van der Waals surface area contributed by atoms with Gasteiger partial charge in [-0.2, -0.15) is 0 Å². The summed E-state index contributed by atoms with van der Waals surface area (Å²) < 4.78 is 1.12. The van der Waals surface area contributed by atoms with Crippen LogP contribution < -0.4 is 0 Å². The van der Waals surface area contributed by atoms with E-state index in [0.717, 1.165) is 16.4 Å². The SMILES string of the molecule is C=C(Br)CN1CCC2(CCC2)C1. The van der Waals surface area contributed by atoms with Gasteiger partial charge in [0.1, 0.15) is 0 Å². The van der Waals surface area contributed by atoms with Crippen molar-refractivity contribution in [3.05, 3.63) is 11.1 Å². The first-order valence-corrected chi connectivity index (χ1v) is 5.55. The molecule has 1 aliphatic heterocycles. The molecule has 0 aromatic heterocycles. The zero-order valence-corrected chi connectivity index (χ0v) is 9.07. The van der Waals surface area contributed by atoms with E-state index in [2.05, 4.69) is 27.4 Å². The molecule has 1 saturated heterocycles. The number of rotatable bonds is 2. The normalized spacial score (nSPS) is 27.4. The van der Waals surface area contributed by atoms with E-state index in [4.69, 9.17) is 0 Å². The molecule has 2 fully saturated rings. The van der Waals surface area contributed by atoms with Crippen molar-refractivity contribution in [3.8, 4) is 0 Å². The van der Waals surface area contributed by atoms with Crippen LogP contribution in [0.5, 0.6) is 0 Å². The molecule has 0 aromatic rings. The molecule has 12 heavy (non-hydrogen) atoms. The Labute approximate surface area is 82.9 Å². The van der Waals surface area contributed by atoms with Crippen molar-refractivity contribution < 1.29 is 0 Å². The molecule has 2 heteroatoms. The fourth-order valence-electron chi connectivity index (χ4n) is 2.49. The minimum absolute atomic E-state index is 0.739. The largest absolute Gasteiger partial charge is 0.298 e. The van der Waals surface area contributed by atoms with E-state index in [9.17, 15) is 0 Å². The molecule has 0 atom stereocenters. The molecule has 1 saturated carbocycles. The fourth-order valence-corrected chi connectivity index (χ4v) is 2.84. The van der Waals surface area contributed by atoms with Gasteiger partial charge in [0.05, 0.1) is 0 Å². The average molecular weight is 230 g/mol. The van der Waals surface area contributed by atoms with Crippen LogP contribution in [0.1, 0.15) is 25.7 Å². The van der Waals surface area contributed by atoms with Crippen molar-refractivity contribution >= 4 is 15.9 Å². The molecule has 2 rings (SSSR count). The molecule has 1 aliphatic carbocycles. The lowest BCUT2D eigenvalue weighted by atomic mass is 9.68. The Balaban J connectivity index is 1.85. The van der Waals surface area contributed by atoms with Gasteiger partial charge in [-0.25, -0.2) is 0 Å². The van der Waals surface area contributed by atoms with Crippen LogP contribution in [0.4, 0.5) is 0 Å². The Hall–Kier alpha value is 0.180. The van der Waals surface area contributed by atoms with Gasteiger partial charge in [-0.3, -0.25) is 4.90 Å². The molecule has 1 heterocycles. The van der Waals surface area contributed by atoms with Gasteiger partial charge in [-0.1, -0.05) is 28.9 Å². The van der Waals surface area contributed by atoms with Crippen LogP contribution in [0, 0.1) is 5.41 Å². The zero-order valence-electron chi connectivity index (χ0n) is 7.48. The van der Waals surface area contributed by atoms with Crippen molar-refractivity contribution in [2.24, 2.45) is 5.41 Å². The molecule has 0 unspecified atom stereocenters. The van der Waals surface area contributed by atoms with Crippen molar-refractivity contribution in [2.45, 2.75) is 25.7 Å². The molecular formula is C10H16BrN. The van der Waals surface area contributed by atoms with Gasteiger partial charge in [-0.05, 0) is 31.2 Å². The smallest absolute Gasteiger partial charge is 0.0294 e. The summed E-state index contributed by atoms with van der Waals surface area (Å²) in [6, 6.07) is 0. The molecule has 1 nitrogen and oxygen atoms in total. The van der Waals surface area contributed by atoms with Crippen molar-refractivity contribution in [3.63, 3.8) is 0 Å². The van der Waals surface area contributed by atoms with Crippen LogP contribution in [0.2, 0.25) is 0 Å². The Kier molecular flexibility index (Phi) is 2.30. The summed E-state index contributed by atoms with van der Waals surface area (Å²) in [6.07, 6.45) is 5.83. The van der Waals surface area contributed by atoms with E-state index in [1.165, 1.54) is 38.8 Å². The quantitative estimate of drug-likeness (QED) is 0.705. The summed E-state index contributed by atoms with van der Waals surface area (Å²) >= 11 is 3.43. The van der Waals surface area contributed by atoms with Crippen molar-refractivity contribution in [2.75, 3.05) is 19.6 Å². The highest BCUT2D eigenvalue weighted by molar-refractivity contribution is 9.11. The second-order valence-electron chi connectivity index (χ2n) is 4.33. The minimum atomic E-state index is 0.739. The predicted molar refractivity (Wildman–Crippen MR) is 55.4 cm³/mol. The van der Waals surface area contributed by atoms with Gasteiger partial charge < -0.3 is 0 Å². The Morgan fingerprint density at radius 3 is 2.58 bits per heavy atom. The molecule has 0 radical (unpaired) electrons. The Morgan fingerprint density at radius 1 is 1.42 bits per heavy atom. The van der Waals surface area contributed by atoms with Crippen molar-refractivity contribution in [1.82, 2.24) is 4.90 Å².